The Labute approximate surface area is 806 Å². The second-order valence-corrected chi connectivity index (χ2v) is 24.6. The molecule has 0 aliphatic heterocycles. The number of carbonyl (C=O) groups excluding carboxylic acids is 3. The van der Waals surface area contributed by atoms with Crippen LogP contribution in [0.4, 0.5) is 24.5 Å². The molecule has 18 nitrogen and oxygen atoms in total. The Kier molecular flexibility index (Phi) is 55.1. The van der Waals surface area contributed by atoms with Crippen molar-refractivity contribution >= 4 is 50.5 Å². The molecule has 0 aliphatic carbocycles. The van der Waals surface area contributed by atoms with Gasteiger partial charge in [-0.3, -0.25) is 39.0 Å². The van der Waals surface area contributed by atoms with Gasteiger partial charge in [-0.2, -0.15) is 59.3 Å². The molecule has 16 aromatic rings. The van der Waals surface area contributed by atoms with Crippen LogP contribution in [0.2, 0.25) is 0 Å². The molecule has 0 spiro atoms. The van der Waals surface area contributed by atoms with Gasteiger partial charge in [-0.15, -0.1) is 150 Å². The molecular weight excluding hydrogens is 2650 g/mol. The number of hydrogen-bond donors (Lipinski definition) is 3. The number of halogens is 3. The van der Waals surface area contributed by atoms with Gasteiger partial charge >= 0.3 is 20.1 Å². The molecular formula is C98H77F3Ir6N12O6-5. The van der Waals surface area contributed by atoms with Crippen LogP contribution in [0.1, 0.15) is 47.2 Å². The first-order chi connectivity index (χ1) is 57.5. The molecule has 125 heavy (non-hydrogen) atoms. The molecule has 16 rings (SSSR count). The average molecular weight is 2730 g/mol. The van der Waals surface area contributed by atoms with Gasteiger partial charge in [-0.25, -0.2) is 30.1 Å². The van der Waals surface area contributed by atoms with Crippen molar-refractivity contribution in [2.45, 2.75) is 48.5 Å². The van der Waals surface area contributed by atoms with Crippen molar-refractivity contribution in [3.8, 4) is 67.7 Å². The van der Waals surface area contributed by atoms with E-state index in [0.29, 0.717) is 22.8 Å². The van der Waals surface area contributed by atoms with Gasteiger partial charge < -0.3 is 39.9 Å². The summed E-state index contributed by atoms with van der Waals surface area (Å²) in [6.45, 7) is 24.3. The summed E-state index contributed by atoms with van der Waals surface area (Å²) in [7, 11) is 0. The zero-order chi connectivity index (χ0) is 85.5. The minimum absolute atomic E-state index is 0. The zero-order valence-corrected chi connectivity index (χ0v) is 82.0. The Bertz CT molecular complexity index is 5840. The topological polar surface area (TPSA) is 234 Å². The predicted molar refractivity (Wildman–Crippen MR) is 457 cm³/mol. The quantitative estimate of drug-likeness (QED) is 0.0500. The first-order valence-corrected chi connectivity index (χ1v) is 36.2. The maximum Gasteiger partial charge on any atom is 3.00 e. The number of aromatic nitrogens is 10. The molecule has 5 radical (unpaired) electrons. The number of benzene rings is 8. The third kappa shape index (κ3) is 42.2. The SMILES string of the molecule is CC(=O)C=C(C)O.CC(=O)C=C(C)O.CC(=O)C=C(C)O.Cc1c[c-]n(-c2[c-]cccc2)n1.Fc1c[c-]c(-c2ccccn2)c(F)n1.Fc1ccnc(-c2[c-]cccc2)c1.[C-]#[N+]c1cc[c-]c(-c2ccccn2)c1.[C-]#[N+]c1ccnc(-c2[c-]cccc2)c1.[Ir+3].[Ir].[Ir].[Ir].[Ir].[Ir].[c-]1ccccc1-c1ccc2ccccc2n1.[c-]1ccccc1-n1cc2ccccc2n1. The number of fused-ring (bicyclic) bond motifs is 2. The van der Waals surface area contributed by atoms with Crippen LogP contribution in [0, 0.1) is 86.4 Å². The van der Waals surface area contributed by atoms with E-state index in [0.717, 1.165) is 78.9 Å². The van der Waals surface area contributed by atoms with Gasteiger partial charge in [0.1, 0.15) is 23.4 Å². The van der Waals surface area contributed by atoms with E-state index in [-0.39, 0.29) is 167 Å². The van der Waals surface area contributed by atoms with E-state index in [1.54, 1.807) is 71.7 Å². The van der Waals surface area contributed by atoms with Gasteiger partial charge in [-0.1, -0.05) is 104 Å². The number of rotatable bonds is 10. The summed E-state index contributed by atoms with van der Waals surface area (Å²) in [4.78, 5) is 60.7. The molecule has 27 heteroatoms. The smallest absolute Gasteiger partial charge is 0.512 e. The number of aliphatic hydroxyl groups excluding tert-OH is 3. The van der Waals surface area contributed by atoms with E-state index in [1.807, 2.05) is 200 Å². The van der Waals surface area contributed by atoms with Gasteiger partial charge in [0.05, 0.1) is 41.5 Å². The van der Waals surface area contributed by atoms with Crippen molar-refractivity contribution in [3.63, 3.8) is 0 Å². The number of carbonyl (C=O) groups is 3. The van der Waals surface area contributed by atoms with Gasteiger partial charge in [0, 0.05) is 155 Å². The normalized spacial score (nSPS) is 9.78. The maximum atomic E-state index is 13.1. The molecule has 0 saturated heterocycles. The summed E-state index contributed by atoms with van der Waals surface area (Å²) in [6, 6.07) is 105. The Balaban J connectivity index is 0.000000699. The third-order valence-corrected chi connectivity index (χ3v) is 14.8. The fourth-order valence-electron chi connectivity index (χ4n) is 9.83. The molecule has 0 unspecified atom stereocenters. The number of aliphatic hydroxyl groups is 3. The van der Waals surface area contributed by atoms with Gasteiger partial charge in [0.25, 0.3) is 0 Å². The molecule has 0 atom stereocenters. The molecule has 0 saturated carbocycles. The summed E-state index contributed by atoms with van der Waals surface area (Å²) in [5.74, 6) is -2.25. The van der Waals surface area contributed by atoms with Crippen molar-refractivity contribution in [2.24, 2.45) is 0 Å². The van der Waals surface area contributed by atoms with Crippen LogP contribution in [-0.2, 0) is 135 Å². The van der Waals surface area contributed by atoms with Crippen LogP contribution < -0.4 is 0 Å². The summed E-state index contributed by atoms with van der Waals surface area (Å²) >= 11 is 0. The summed E-state index contributed by atoms with van der Waals surface area (Å²) in [5.41, 5.74) is 13.4. The van der Waals surface area contributed by atoms with Crippen molar-refractivity contribution in [2.75, 3.05) is 0 Å². The van der Waals surface area contributed by atoms with Crippen molar-refractivity contribution in [1.82, 2.24) is 49.5 Å². The number of pyridine rings is 6. The largest absolute Gasteiger partial charge is 3.00 e. The summed E-state index contributed by atoms with van der Waals surface area (Å²) < 4.78 is 41.9. The van der Waals surface area contributed by atoms with Gasteiger partial charge in [0.2, 0.25) is 0 Å². The van der Waals surface area contributed by atoms with Crippen LogP contribution in [-0.4, -0.2) is 82.1 Å². The number of nitrogens with zero attached hydrogens (tertiary/aromatic N) is 12. The standard InChI is InChI=1S/C15H10N.C13H9N2.2C12H7N2.C11H7FN.C10H5F2N2.C10H8N2.3C5H8O2.6Ir/c1-2-6-12(7-3-1)15-11-10-13-8-4-5-9-14(13)16-15;1-2-7-12(8-3-1)15-10-11-6-4-5-9-13(11)14-15;1-13-11-6-4-5-10(9-11)12-7-2-3-8-14-12;1-13-11-7-8-14-12(9-11)10-5-3-2-4-6-10;12-10-6-7-13-11(8-10)9-4-2-1-3-5-9;11-9-5-4-7(10(12)14-9)8-3-1-2-6-13-8;1-9-7-8-12(11-9)10-5-3-2-4-6-10;3*1-4(6)3-5(2)7;;;;;;/h1-6,8-11H;1-7,9-10H;2-4,6-9H;2-5,7-9H;1-4,6-8H;1-3,5-6H;2-5,7H,1H3;3*3,6H,1-2H3;;;;;;/q6*-1;-2;;;;;;;;;+3. The average Bonchev–Trinajstić information content (AvgIpc) is 1.81. The fraction of sp³-hybridized carbons (Fsp3) is 0.0714. The maximum absolute atomic E-state index is 13.1. The molecule has 0 bridgehead atoms. The second kappa shape index (κ2) is 62.1. The Hall–Kier alpha value is -12.1. The molecule has 0 aliphatic rings. The molecule has 645 valence electrons. The Morgan fingerprint density at radius 1 is 0.400 bits per heavy atom. The fourth-order valence-corrected chi connectivity index (χ4v) is 9.83. The second-order valence-electron chi connectivity index (χ2n) is 24.6. The van der Waals surface area contributed by atoms with Crippen LogP contribution in [0.25, 0.3) is 99.2 Å². The predicted octanol–water partition coefficient (Wildman–Crippen LogP) is 22.5. The van der Waals surface area contributed by atoms with Crippen LogP contribution in [0.5, 0.6) is 0 Å². The monoisotopic (exact) mass is 2730 g/mol. The zero-order valence-electron chi connectivity index (χ0n) is 67.7. The molecule has 8 aromatic heterocycles. The van der Waals surface area contributed by atoms with E-state index < -0.39 is 11.9 Å². The molecule has 0 amide bonds. The van der Waals surface area contributed by atoms with Crippen LogP contribution >= 0.6 is 0 Å². The van der Waals surface area contributed by atoms with E-state index in [4.69, 9.17) is 28.5 Å². The molecule has 8 aromatic carbocycles. The number of hydrogen-bond acceptors (Lipinski definition) is 14. The Morgan fingerprint density at radius 2 is 0.848 bits per heavy atom. The van der Waals surface area contributed by atoms with Crippen molar-refractivity contribution in [1.29, 1.82) is 0 Å². The molecule has 0 fully saturated rings. The van der Waals surface area contributed by atoms with Crippen LogP contribution in [0.3, 0.4) is 0 Å². The van der Waals surface area contributed by atoms with E-state index in [2.05, 4.69) is 117 Å². The molecule has 3 N–H and O–H groups in total. The summed E-state index contributed by atoms with van der Waals surface area (Å²) in [5, 5.41) is 36.1. The van der Waals surface area contributed by atoms with Crippen molar-refractivity contribution in [3.05, 3.63) is 434 Å². The molecule has 8 heterocycles. The van der Waals surface area contributed by atoms with E-state index in [9.17, 15) is 27.6 Å². The number of para-hydroxylation sites is 3. The Morgan fingerprint density at radius 3 is 1.30 bits per heavy atom. The van der Waals surface area contributed by atoms with Gasteiger partial charge in [0.15, 0.2) is 23.0 Å². The van der Waals surface area contributed by atoms with Gasteiger partial charge in [-0.05, 0) is 129 Å². The first kappa shape index (κ1) is 111. The summed E-state index contributed by atoms with van der Waals surface area (Å²) in [6.07, 6.45) is 14.9. The van der Waals surface area contributed by atoms with Crippen LogP contribution in [0.15, 0.2) is 339 Å². The minimum Gasteiger partial charge on any atom is -0.512 e. The van der Waals surface area contributed by atoms with E-state index in [1.165, 1.54) is 89.7 Å². The van der Waals surface area contributed by atoms with Crippen molar-refractivity contribution < 1.29 is 164 Å². The minimum atomic E-state index is -0.899. The third-order valence-electron chi connectivity index (χ3n) is 14.8. The number of allylic oxidation sites excluding steroid dienone is 6. The van der Waals surface area contributed by atoms with E-state index >= 15 is 0 Å². The number of ketones is 3. The first-order valence-electron chi connectivity index (χ1n) is 36.2. The number of aryl methyl sites for hydroxylation is 1.